The van der Waals surface area contributed by atoms with Gasteiger partial charge in [-0.1, -0.05) is 30.3 Å². The van der Waals surface area contributed by atoms with Gasteiger partial charge in [-0.15, -0.1) is 0 Å². The molecule has 1 aromatic rings. The highest BCUT2D eigenvalue weighted by Crippen LogP contribution is 2.13. The molecule has 2 rings (SSSR count). The molecule has 0 saturated carbocycles. The van der Waals surface area contributed by atoms with E-state index in [-0.39, 0.29) is 5.97 Å². The van der Waals surface area contributed by atoms with Crippen LogP contribution in [0.25, 0.3) is 0 Å². The van der Waals surface area contributed by atoms with E-state index in [0.29, 0.717) is 18.9 Å². The van der Waals surface area contributed by atoms with Gasteiger partial charge in [0.2, 0.25) is 0 Å². The van der Waals surface area contributed by atoms with E-state index >= 15 is 0 Å². The molecule has 1 N–H and O–H groups in total. The maximum atomic E-state index is 11.5. The van der Waals surface area contributed by atoms with Crippen molar-refractivity contribution in [2.75, 3.05) is 13.1 Å². The predicted molar refractivity (Wildman–Crippen MR) is 61.8 cm³/mol. The van der Waals surface area contributed by atoms with E-state index in [1.807, 2.05) is 30.3 Å². The van der Waals surface area contributed by atoms with E-state index in [4.69, 9.17) is 4.74 Å². The van der Waals surface area contributed by atoms with E-state index in [9.17, 15) is 4.79 Å². The molecule has 1 aliphatic rings. The summed E-state index contributed by atoms with van der Waals surface area (Å²) in [5, 5.41) is 3.24. The Morgan fingerprint density at radius 3 is 2.88 bits per heavy atom. The van der Waals surface area contributed by atoms with Crippen LogP contribution in [0.3, 0.4) is 0 Å². The fraction of sp³-hybridized carbons (Fsp3) is 0.462. The molecule has 1 saturated heterocycles. The number of hydrogen-bond acceptors (Lipinski definition) is 3. The highest BCUT2D eigenvalue weighted by molar-refractivity contribution is 5.69. The Hall–Kier alpha value is -1.35. The fourth-order valence-corrected chi connectivity index (χ4v) is 1.92. The smallest absolute Gasteiger partial charge is 0.306 e. The Morgan fingerprint density at radius 1 is 1.38 bits per heavy atom. The summed E-state index contributed by atoms with van der Waals surface area (Å²) < 4.78 is 5.22. The van der Waals surface area contributed by atoms with E-state index in [0.717, 1.165) is 25.1 Å². The third kappa shape index (κ3) is 3.35. The molecule has 0 aliphatic carbocycles. The number of ether oxygens (including phenoxy) is 1. The van der Waals surface area contributed by atoms with E-state index in [1.165, 1.54) is 0 Å². The summed E-state index contributed by atoms with van der Waals surface area (Å²) in [6, 6.07) is 9.78. The van der Waals surface area contributed by atoms with Crippen molar-refractivity contribution in [3.63, 3.8) is 0 Å². The van der Waals surface area contributed by atoms with Crippen LogP contribution in [0.15, 0.2) is 30.3 Å². The van der Waals surface area contributed by atoms with Gasteiger partial charge in [0.05, 0.1) is 0 Å². The summed E-state index contributed by atoms with van der Waals surface area (Å²) in [4.78, 5) is 11.5. The number of hydrogen-bond donors (Lipinski definition) is 1. The Labute approximate surface area is 95.8 Å². The quantitative estimate of drug-likeness (QED) is 0.784. The lowest BCUT2D eigenvalue weighted by atomic mass is 10.1. The zero-order valence-electron chi connectivity index (χ0n) is 9.32. The van der Waals surface area contributed by atoms with Crippen LogP contribution in [-0.2, 0) is 16.1 Å². The molecule has 1 aliphatic heterocycles. The van der Waals surface area contributed by atoms with Crippen molar-refractivity contribution >= 4 is 5.97 Å². The summed E-state index contributed by atoms with van der Waals surface area (Å²) in [5.74, 6) is 0.376. The SMILES string of the molecule is O=C(C[C@@H]1CCNC1)OCc1ccccc1. The van der Waals surface area contributed by atoms with Crippen molar-refractivity contribution in [3.8, 4) is 0 Å². The minimum absolute atomic E-state index is 0.0856. The van der Waals surface area contributed by atoms with Crippen LogP contribution in [0.4, 0.5) is 0 Å². The van der Waals surface area contributed by atoms with Crippen LogP contribution >= 0.6 is 0 Å². The number of esters is 1. The molecule has 1 heterocycles. The van der Waals surface area contributed by atoms with Crippen molar-refractivity contribution in [3.05, 3.63) is 35.9 Å². The van der Waals surface area contributed by atoms with Crippen LogP contribution in [-0.4, -0.2) is 19.1 Å². The first-order chi connectivity index (χ1) is 7.84. The summed E-state index contributed by atoms with van der Waals surface area (Å²) in [5.41, 5.74) is 1.04. The topological polar surface area (TPSA) is 38.3 Å². The Morgan fingerprint density at radius 2 is 2.19 bits per heavy atom. The zero-order chi connectivity index (χ0) is 11.2. The minimum Gasteiger partial charge on any atom is -0.461 e. The van der Waals surface area contributed by atoms with Crippen LogP contribution in [0.2, 0.25) is 0 Å². The van der Waals surface area contributed by atoms with E-state index in [2.05, 4.69) is 5.32 Å². The summed E-state index contributed by atoms with van der Waals surface area (Å²) in [7, 11) is 0. The van der Waals surface area contributed by atoms with Gasteiger partial charge in [-0.25, -0.2) is 0 Å². The third-order valence-electron chi connectivity index (χ3n) is 2.86. The molecule has 0 spiro atoms. The number of rotatable bonds is 4. The van der Waals surface area contributed by atoms with E-state index < -0.39 is 0 Å². The predicted octanol–water partition coefficient (Wildman–Crippen LogP) is 1.73. The van der Waals surface area contributed by atoms with Gasteiger partial charge in [0, 0.05) is 6.42 Å². The number of carbonyl (C=O) groups excluding carboxylic acids is 1. The normalized spacial score (nSPS) is 19.6. The number of carbonyl (C=O) groups is 1. The first-order valence-corrected chi connectivity index (χ1v) is 5.75. The van der Waals surface area contributed by atoms with Gasteiger partial charge in [0.1, 0.15) is 6.61 Å². The van der Waals surface area contributed by atoms with Crippen molar-refractivity contribution in [2.45, 2.75) is 19.4 Å². The molecule has 0 radical (unpaired) electrons. The fourth-order valence-electron chi connectivity index (χ4n) is 1.92. The Kier molecular flexibility index (Phi) is 3.94. The molecule has 3 nitrogen and oxygen atoms in total. The van der Waals surface area contributed by atoms with Crippen molar-refractivity contribution in [1.29, 1.82) is 0 Å². The van der Waals surface area contributed by atoms with Gasteiger partial charge in [0.15, 0.2) is 0 Å². The first-order valence-electron chi connectivity index (χ1n) is 5.75. The highest BCUT2D eigenvalue weighted by atomic mass is 16.5. The van der Waals surface area contributed by atoms with Gasteiger partial charge in [-0.05, 0) is 31.0 Å². The molecule has 0 aromatic heterocycles. The Bertz CT molecular complexity index is 331. The molecule has 16 heavy (non-hydrogen) atoms. The van der Waals surface area contributed by atoms with Gasteiger partial charge in [0.25, 0.3) is 0 Å². The number of nitrogens with one attached hydrogen (secondary N) is 1. The van der Waals surface area contributed by atoms with Crippen molar-refractivity contribution in [1.82, 2.24) is 5.32 Å². The molecule has 86 valence electrons. The van der Waals surface area contributed by atoms with Crippen molar-refractivity contribution in [2.24, 2.45) is 5.92 Å². The maximum Gasteiger partial charge on any atom is 0.306 e. The molecule has 1 aromatic carbocycles. The van der Waals surface area contributed by atoms with Crippen LogP contribution in [0.5, 0.6) is 0 Å². The molecule has 0 unspecified atom stereocenters. The summed E-state index contributed by atoms with van der Waals surface area (Å²) in [6.07, 6.45) is 1.63. The number of benzene rings is 1. The van der Waals surface area contributed by atoms with Gasteiger partial charge >= 0.3 is 5.97 Å². The molecular formula is C13H17NO2. The average molecular weight is 219 g/mol. The van der Waals surface area contributed by atoms with Crippen LogP contribution in [0.1, 0.15) is 18.4 Å². The van der Waals surface area contributed by atoms with Crippen LogP contribution < -0.4 is 5.32 Å². The second kappa shape index (κ2) is 5.66. The standard InChI is InChI=1S/C13H17NO2/c15-13(8-12-6-7-14-9-12)16-10-11-4-2-1-3-5-11/h1-5,12,14H,6-10H2/t12-/m0/s1. The average Bonchev–Trinajstić information content (AvgIpc) is 2.81. The minimum atomic E-state index is -0.0856. The lowest BCUT2D eigenvalue weighted by Gasteiger charge is -2.08. The Balaban J connectivity index is 1.71. The largest absolute Gasteiger partial charge is 0.461 e. The second-order valence-corrected chi connectivity index (χ2v) is 4.21. The van der Waals surface area contributed by atoms with Crippen LogP contribution in [0, 0.1) is 5.92 Å². The third-order valence-corrected chi connectivity index (χ3v) is 2.86. The molecule has 1 atom stereocenters. The molecule has 0 amide bonds. The monoisotopic (exact) mass is 219 g/mol. The van der Waals surface area contributed by atoms with Crippen molar-refractivity contribution < 1.29 is 9.53 Å². The molecular weight excluding hydrogens is 202 g/mol. The maximum absolute atomic E-state index is 11.5. The molecule has 3 heteroatoms. The highest BCUT2D eigenvalue weighted by Gasteiger charge is 2.18. The lowest BCUT2D eigenvalue weighted by Crippen LogP contribution is -2.14. The van der Waals surface area contributed by atoms with Gasteiger partial charge in [-0.3, -0.25) is 4.79 Å². The van der Waals surface area contributed by atoms with E-state index in [1.54, 1.807) is 0 Å². The zero-order valence-corrected chi connectivity index (χ0v) is 9.32. The van der Waals surface area contributed by atoms with Gasteiger partial charge < -0.3 is 10.1 Å². The van der Waals surface area contributed by atoms with Gasteiger partial charge in [-0.2, -0.15) is 0 Å². The second-order valence-electron chi connectivity index (χ2n) is 4.21. The summed E-state index contributed by atoms with van der Waals surface area (Å²) >= 11 is 0. The summed E-state index contributed by atoms with van der Waals surface area (Å²) in [6.45, 7) is 2.36. The first kappa shape index (κ1) is 11.1. The lowest BCUT2D eigenvalue weighted by molar-refractivity contribution is -0.145. The molecule has 0 bridgehead atoms. The molecule has 1 fully saturated rings.